The first-order chi connectivity index (χ1) is 9.19. The molecule has 1 aromatic rings. The molecule has 1 saturated heterocycles. The first kappa shape index (κ1) is 17.2. The van der Waals surface area contributed by atoms with Gasteiger partial charge in [0.25, 0.3) is 0 Å². The van der Waals surface area contributed by atoms with Crippen molar-refractivity contribution in [1.29, 1.82) is 0 Å². The third kappa shape index (κ3) is 4.93. The van der Waals surface area contributed by atoms with Crippen LogP contribution in [0.15, 0.2) is 5.38 Å². The second-order valence-electron chi connectivity index (χ2n) is 3.89. The van der Waals surface area contributed by atoms with Crippen molar-refractivity contribution in [3.05, 3.63) is 11.1 Å². The van der Waals surface area contributed by atoms with E-state index in [2.05, 4.69) is 15.6 Å². The molecule has 1 unspecified atom stereocenters. The van der Waals surface area contributed by atoms with E-state index in [0.717, 1.165) is 11.6 Å². The van der Waals surface area contributed by atoms with Gasteiger partial charge in [-0.3, -0.25) is 14.9 Å². The van der Waals surface area contributed by atoms with Crippen molar-refractivity contribution in [1.82, 2.24) is 10.3 Å². The zero-order valence-corrected chi connectivity index (χ0v) is 13.3. The number of ether oxygens (including phenoxy) is 1. The summed E-state index contributed by atoms with van der Waals surface area (Å²) >= 11 is 3.00. The van der Waals surface area contributed by atoms with Crippen LogP contribution in [0.25, 0.3) is 0 Å². The molecular formula is C11H16ClN3O3S2. The van der Waals surface area contributed by atoms with Crippen LogP contribution in [0.3, 0.4) is 0 Å². The van der Waals surface area contributed by atoms with Crippen LogP contribution >= 0.6 is 35.5 Å². The summed E-state index contributed by atoms with van der Waals surface area (Å²) in [5.74, 6) is 1.18. The molecule has 1 atom stereocenters. The molecule has 1 fully saturated rings. The standard InChI is InChI=1S/C11H15N3O3S2.ClH/c1-2-17-9(15)3-7-4-19-11(13-7)14-10(16)8-5-18-6-12-8;/h4,8,12H,2-3,5-6H2,1H3,(H,13,14,16);1H. The van der Waals surface area contributed by atoms with Gasteiger partial charge < -0.3 is 10.1 Å². The maximum Gasteiger partial charge on any atom is 0.311 e. The smallest absolute Gasteiger partial charge is 0.311 e. The Balaban J connectivity index is 0.00000200. The number of amides is 1. The van der Waals surface area contributed by atoms with E-state index in [1.54, 1.807) is 24.1 Å². The summed E-state index contributed by atoms with van der Waals surface area (Å²) < 4.78 is 4.84. The normalized spacial score (nSPS) is 17.4. The fraction of sp³-hybridized carbons (Fsp3) is 0.545. The molecule has 0 aliphatic carbocycles. The third-order valence-electron chi connectivity index (χ3n) is 2.45. The summed E-state index contributed by atoms with van der Waals surface area (Å²) in [5.41, 5.74) is 0.618. The molecule has 6 nitrogen and oxygen atoms in total. The number of carbonyl (C=O) groups excluding carboxylic acids is 2. The van der Waals surface area contributed by atoms with Crippen molar-refractivity contribution in [2.45, 2.75) is 19.4 Å². The highest BCUT2D eigenvalue weighted by Crippen LogP contribution is 2.18. The fourth-order valence-corrected chi connectivity index (χ4v) is 3.22. The van der Waals surface area contributed by atoms with E-state index in [1.807, 2.05) is 0 Å². The zero-order valence-electron chi connectivity index (χ0n) is 10.9. The third-order valence-corrected chi connectivity index (χ3v) is 4.19. The number of halogens is 1. The molecule has 112 valence electrons. The molecule has 0 spiro atoms. The molecule has 1 aliphatic heterocycles. The predicted molar refractivity (Wildman–Crippen MR) is 82.6 cm³/mol. The molecule has 0 aromatic carbocycles. The van der Waals surface area contributed by atoms with E-state index in [0.29, 0.717) is 17.4 Å². The molecule has 1 amide bonds. The SMILES string of the molecule is CCOC(=O)Cc1csc(NC(=O)C2CSCN2)n1.Cl. The van der Waals surface area contributed by atoms with Gasteiger partial charge in [0.2, 0.25) is 5.91 Å². The lowest BCUT2D eigenvalue weighted by atomic mass is 10.3. The van der Waals surface area contributed by atoms with Gasteiger partial charge in [-0.1, -0.05) is 0 Å². The van der Waals surface area contributed by atoms with E-state index >= 15 is 0 Å². The molecule has 1 aromatic heterocycles. The average molecular weight is 338 g/mol. The number of hydrogen-bond donors (Lipinski definition) is 2. The molecule has 1 aliphatic rings. The number of hydrogen-bond acceptors (Lipinski definition) is 7. The van der Waals surface area contributed by atoms with Gasteiger partial charge in [0.05, 0.1) is 24.8 Å². The maximum atomic E-state index is 11.8. The molecule has 2 heterocycles. The Labute approximate surface area is 131 Å². The minimum absolute atomic E-state index is 0. The molecule has 9 heteroatoms. The van der Waals surface area contributed by atoms with Gasteiger partial charge in [0.15, 0.2) is 5.13 Å². The lowest BCUT2D eigenvalue weighted by molar-refractivity contribution is -0.142. The second-order valence-corrected chi connectivity index (χ2v) is 5.78. The van der Waals surface area contributed by atoms with Crippen LogP contribution in [0, 0.1) is 0 Å². The number of carbonyl (C=O) groups is 2. The Bertz CT molecular complexity index is 464. The van der Waals surface area contributed by atoms with E-state index in [1.165, 1.54) is 11.3 Å². The number of aromatic nitrogens is 1. The Morgan fingerprint density at radius 2 is 2.40 bits per heavy atom. The summed E-state index contributed by atoms with van der Waals surface area (Å²) in [5, 5.41) is 8.11. The highest BCUT2D eigenvalue weighted by atomic mass is 35.5. The highest BCUT2D eigenvalue weighted by Gasteiger charge is 2.23. The first-order valence-electron chi connectivity index (χ1n) is 5.91. The average Bonchev–Trinajstić information content (AvgIpc) is 3.00. The number of thioether (sulfide) groups is 1. The number of esters is 1. The van der Waals surface area contributed by atoms with E-state index in [-0.39, 0.29) is 36.7 Å². The first-order valence-corrected chi connectivity index (χ1v) is 7.94. The molecule has 0 saturated carbocycles. The number of thiazole rings is 1. The summed E-state index contributed by atoms with van der Waals surface area (Å²) in [6.07, 6.45) is 0.137. The van der Waals surface area contributed by atoms with Gasteiger partial charge in [-0.2, -0.15) is 0 Å². The Morgan fingerprint density at radius 3 is 3.05 bits per heavy atom. The number of nitrogens with zero attached hydrogens (tertiary/aromatic N) is 1. The van der Waals surface area contributed by atoms with Crippen molar-refractivity contribution in [2.24, 2.45) is 0 Å². The number of anilines is 1. The van der Waals surface area contributed by atoms with Crippen LogP contribution in [0.4, 0.5) is 5.13 Å². The lowest BCUT2D eigenvalue weighted by Crippen LogP contribution is -2.37. The second kappa shape index (κ2) is 8.46. The zero-order chi connectivity index (χ0) is 13.7. The van der Waals surface area contributed by atoms with Gasteiger partial charge in [-0.15, -0.1) is 35.5 Å². The van der Waals surface area contributed by atoms with Crippen molar-refractivity contribution >= 4 is 52.5 Å². The quantitative estimate of drug-likeness (QED) is 0.788. The Hall–Kier alpha value is -0.830. The van der Waals surface area contributed by atoms with Crippen LogP contribution < -0.4 is 10.6 Å². The van der Waals surface area contributed by atoms with Crippen LogP contribution in [0.5, 0.6) is 0 Å². The molecule has 2 N–H and O–H groups in total. The molecular weight excluding hydrogens is 322 g/mol. The van der Waals surface area contributed by atoms with Crippen molar-refractivity contribution < 1.29 is 14.3 Å². The van der Waals surface area contributed by atoms with Gasteiger partial charge in [0.1, 0.15) is 0 Å². The van der Waals surface area contributed by atoms with Crippen LogP contribution in [-0.2, 0) is 20.7 Å². The van der Waals surface area contributed by atoms with Crippen molar-refractivity contribution in [3.63, 3.8) is 0 Å². The van der Waals surface area contributed by atoms with E-state index in [4.69, 9.17) is 4.74 Å². The summed E-state index contributed by atoms with van der Waals surface area (Å²) in [4.78, 5) is 27.3. The number of nitrogens with one attached hydrogen (secondary N) is 2. The lowest BCUT2D eigenvalue weighted by Gasteiger charge is -2.07. The van der Waals surface area contributed by atoms with Gasteiger partial charge >= 0.3 is 5.97 Å². The van der Waals surface area contributed by atoms with Gasteiger partial charge in [-0.25, -0.2) is 4.98 Å². The minimum atomic E-state index is -0.306. The highest BCUT2D eigenvalue weighted by molar-refractivity contribution is 7.99. The minimum Gasteiger partial charge on any atom is -0.466 e. The predicted octanol–water partition coefficient (Wildman–Crippen LogP) is 1.27. The molecule has 20 heavy (non-hydrogen) atoms. The maximum absolute atomic E-state index is 11.8. The van der Waals surface area contributed by atoms with E-state index < -0.39 is 0 Å². The summed E-state index contributed by atoms with van der Waals surface area (Å²) in [6, 6.07) is -0.164. The molecule has 2 rings (SSSR count). The van der Waals surface area contributed by atoms with Crippen LogP contribution in [-0.4, -0.2) is 41.1 Å². The topological polar surface area (TPSA) is 80.3 Å². The Kier molecular flexibility index (Phi) is 7.28. The monoisotopic (exact) mass is 337 g/mol. The van der Waals surface area contributed by atoms with Crippen molar-refractivity contribution in [2.75, 3.05) is 23.6 Å². The molecule has 0 bridgehead atoms. The van der Waals surface area contributed by atoms with Crippen molar-refractivity contribution in [3.8, 4) is 0 Å². The van der Waals surface area contributed by atoms with Gasteiger partial charge in [0, 0.05) is 17.0 Å². The summed E-state index contributed by atoms with van der Waals surface area (Å²) in [6.45, 7) is 2.12. The van der Waals surface area contributed by atoms with Crippen LogP contribution in [0.2, 0.25) is 0 Å². The Morgan fingerprint density at radius 1 is 1.60 bits per heavy atom. The van der Waals surface area contributed by atoms with Gasteiger partial charge in [-0.05, 0) is 6.92 Å². The van der Waals surface area contributed by atoms with E-state index in [9.17, 15) is 9.59 Å². The molecule has 0 radical (unpaired) electrons. The fourth-order valence-electron chi connectivity index (χ4n) is 1.56. The van der Waals surface area contributed by atoms with Crippen LogP contribution in [0.1, 0.15) is 12.6 Å². The number of rotatable bonds is 5. The summed E-state index contributed by atoms with van der Waals surface area (Å²) in [7, 11) is 0. The largest absolute Gasteiger partial charge is 0.466 e.